The summed E-state index contributed by atoms with van der Waals surface area (Å²) in [6, 6.07) is 5.43. The maximum Gasteiger partial charge on any atom is 0.358 e. The van der Waals surface area contributed by atoms with Crippen LogP contribution in [0.4, 0.5) is 0 Å². The van der Waals surface area contributed by atoms with E-state index in [1.165, 1.54) is 7.11 Å². The number of esters is 1. The first-order valence-corrected chi connectivity index (χ1v) is 7.06. The first kappa shape index (κ1) is 16.1. The molecule has 0 N–H and O–H groups in total. The van der Waals surface area contributed by atoms with Gasteiger partial charge < -0.3 is 9.47 Å². The Kier molecular flexibility index (Phi) is 5.22. The average Bonchev–Trinajstić information content (AvgIpc) is 2.87. The standard InChI is InChI=1S/C16H17ClN2O3/c1-4-8-22-14-7-5-6-13(17)12(14)9-11-10-19(2)18-15(11)16(20)21-3/h4-7,10H,1,8-9H2,2-3H3. The molecule has 1 aromatic heterocycles. The highest BCUT2D eigenvalue weighted by Crippen LogP contribution is 2.29. The Morgan fingerprint density at radius 2 is 2.27 bits per heavy atom. The summed E-state index contributed by atoms with van der Waals surface area (Å²) in [6.45, 7) is 4.01. The molecule has 0 saturated carbocycles. The Bertz CT molecular complexity index is 695. The zero-order valence-electron chi connectivity index (χ0n) is 12.5. The number of ether oxygens (including phenoxy) is 2. The van der Waals surface area contributed by atoms with E-state index in [2.05, 4.69) is 11.7 Å². The normalized spacial score (nSPS) is 10.3. The summed E-state index contributed by atoms with van der Waals surface area (Å²) in [5.41, 5.74) is 1.80. The number of rotatable bonds is 6. The van der Waals surface area contributed by atoms with Gasteiger partial charge in [-0.2, -0.15) is 5.10 Å². The number of hydrogen-bond acceptors (Lipinski definition) is 4. The van der Waals surface area contributed by atoms with Gasteiger partial charge in [-0.05, 0) is 12.1 Å². The maximum atomic E-state index is 11.8. The number of carbonyl (C=O) groups excluding carboxylic acids is 1. The highest BCUT2D eigenvalue weighted by molar-refractivity contribution is 6.31. The zero-order valence-corrected chi connectivity index (χ0v) is 13.3. The van der Waals surface area contributed by atoms with E-state index in [0.717, 1.165) is 11.1 Å². The minimum atomic E-state index is -0.476. The molecule has 0 aliphatic heterocycles. The Morgan fingerprint density at radius 1 is 1.50 bits per heavy atom. The van der Waals surface area contributed by atoms with Crippen molar-refractivity contribution in [2.45, 2.75) is 6.42 Å². The largest absolute Gasteiger partial charge is 0.489 e. The number of methoxy groups -OCH3 is 1. The van der Waals surface area contributed by atoms with Gasteiger partial charge in [0.25, 0.3) is 0 Å². The summed E-state index contributed by atoms with van der Waals surface area (Å²) in [4.78, 5) is 11.8. The summed E-state index contributed by atoms with van der Waals surface area (Å²) in [5.74, 6) is 0.184. The zero-order chi connectivity index (χ0) is 16.1. The molecule has 0 aliphatic carbocycles. The van der Waals surface area contributed by atoms with E-state index in [1.807, 2.05) is 12.1 Å². The molecular weight excluding hydrogens is 304 g/mol. The molecule has 0 spiro atoms. The van der Waals surface area contributed by atoms with Gasteiger partial charge in [0, 0.05) is 35.8 Å². The molecule has 0 fully saturated rings. The lowest BCUT2D eigenvalue weighted by molar-refractivity contribution is 0.0592. The van der Waals surface area contributed by atoms with Crippen molar-refractivity contribution >= 4 is 17.6 Å². The lowest BCUT2D eigenvalue weighted by Crippen LogP contribution is -2.07. The number of benzene rings is 1. The molecular formula is C16H17ClN2O3. The van der Waals surface area contributed by atoms with Gasteiger partial charge in [0.2, 0.25) is 0 Å². The molecule has 0 unspecified atom stereocenters. The van der Waals surface area contributed by atoms with Crippen LogP contribution in [-0.2, 0) is 18.2 Å². The monoisotopic (exact) mass is 320 g/mol. The van der Waals surface area contributed by atoms with E-state index in [-0.39, 0.29) is 5.69 Å². The second-order valence-corrected chi connectivity index (χ2v) is 5.07. The summed E-state index contributed by atoms with van der Waals surface area (Å²) in [7, 11) is 3.08. The fourth-order valence-electron chi connectivity index (χ4n) is 2.12. The van der Waals surface area contributed by atoms with Crippen molar-refractivity contribution in [3.63, 3.8) is 0 Å². The van der Waals surface area contributed by atoms with Crippen LogP contribution < -0.4 is 4.74 Å². The fourth-order valence-corrected chi connectivity index (χ4v) is 2.35. The number of carbonyl (C=O) groups is 1. The summed E-state index contributed by atoms with van der Waals surface area (Å²) < 4.78 is 12.0. The van der Waals surface area contributed by atoms with Gasteiger partial charge >= 0.3 is 5.97 Å². The topological polar surface area (TPSA) is 53.4 Å². The molecule has 2 rings (SSSR count). The Labute approximate surface area is 134 Å². The third-order valence-corrected chi connectivity index (χ3v) is 3.44. The minimum Gasteiger partial charge on any atom is -0.489 e. The molecule has 1 aromatic carbocycles. The number of hydrogen-bond donors (Lipinski definition) is 0. The lowest BCUT2D eigenvalue weighted by Gasteiger charge is -2.11. The van der Waals surface area contributed by atoms with E-state index < -0.39 is 5.97 Å². The molecule has 116 valence electrons. The van der Waals surface area contributed by atoms with Crippen LogP contribution in [0.5, 0.6) is 5.75 Å². The maximum absolute atomic E-state index is 11.8. The van der Waals surface area contributed by atoms with Crippen molar-refractivity contribution in [3.05, 3.63) is 58.9 Å². The predicted molar refractivity (Wildman–Crippen MR) is 84.5 cm³/mol. The molecule has 0 radical (unpaired) electrons. The molecule has 0 aliphatic rings. The average molecular weight is 321 g/mol. The molecule has 6 heteroatoms. The molecule has 2 aromatic rings. The number of aryl methyl sites for hydroxylation is 1. The second-order valence-electron chi connectivity index (χ2n) is 4.66. The number of halogens is 1. The fraction of sp³-hybridized carbons (Fsp3) is 0.250. The van der Waals surface area contributed by atoms with Crippen molar-refractivity contribution in [2.24, 2.45) is 7.05 Å². The molecule has 0 bridgehead atoms. The van der Waals surface area contributed by atoms with Crippen LogP contribution in [0, 0.1) is 0 Å². The first-order chi connectivity index (χ1) is 10.6. The summed E-state index contributed by atoms with van der Waals surface area (Å²) in [5, 5.41) is 4.71. The van der Waals surface area contributed by atoms with Gasteiger partial charge in [-0.3, -0.25) is 4.68 Å². The lowest BCUT2D eigenvalue weighted by atomic mass is 10.0. The highest BCUT2D eigenvalue weighted by Gasteiger charge is 2.19. The smallest absolute Gasteiger partial charge is 0.358 e. The van der Waals surface area contributed by atoms with Crippen LogP contribution in [0.1, 0.15) is 21.6 Å². The van der Waals surface area contributed by atoms with Crippen LogP contribution in [0.2, 0.25) is 5.02 Å². The van der Waals surface area contributed by atoms with Crippen LogP contribution in [0.25, 0.3) is 0 Å². The third-order valence-electron chi connectivity index (χ3n) is 3.08. The van der Waals surface area contributed by atoms with Gasteiger partial charge in [0.1, 0.15) is 12.4 Å². The van der Waals surface area contributed by atoms with Gasteiger partial charge in [0.15, 0.2) is 5.69 Å². The van der Waals surface area contributed by atoms with E-state index in [4.69, 9.17) is 21.1 Å². The molecule has 5 nitrogen and oxygen atoms in total. The quantitative estimate of drug-likeness (QED) is 0.606. The van der Waals surface area contributed by atoms with E-state index in [1.54, 1.807) is 30.1 Å². The molecule has 0 saturated heterocycles. The van der Waals surface area contributed by atoms with Gasteiger partial charge in [-0.25, -0.2) is 4.79 Å². The third kappa shape index (κ3) is 3.49. The van der Waals surface area contributed by atoms with Crippen molar-refractivity contribution in [2.75, 3.05) is 13.7 Å². The molecule has 22 heavy (non-hydrogen) atoms. The van der Waals surface area contributed by atoms with Crippen LogP contribution >= 0.6 is 11.6 Å². The van der Waals surface area contributed by atoms with Crippen LogP contribution in [0.3, 0.4) is 0 Å². The van der Waals surface area contributed by atoms with Crippen LogP contribution in [-0.4, -0.2) is 29.5 Å². The molecule has 1 heterocycles. The molecule has 0 amide bonds. The Balaban J connectivity index is 2.38. The van der Waals surface area contributed by atoms with E-state index in [9.17, 15) is 4.79 Å². The van der Waals surface area contributed by atoms with Crippen LogP contribution in [0.15, 0.2) is 37.1 Å². The molecule has 0 atom stereocenters. The predicted octanol–water partition coefficient (Wildman–Crippen LogP) is 3.02. The van der Waals surface area contributed by atoms with Crippen molar-refractivity contribution in [3.8, 4) is 5.75 Å². The van der Waals surface area contributed by atoms with Gasteiger partial charge in [0.05, 0.1) is 7.11 Å². The Hall–Kier alpha value is -2.27. The second kappa shape index (κ2) is 7.13. The first-order valence-electron chi connectivity index (χ1n) is 6.68. The van der Waals surface area contributed by atoms with Gasteiger partial charge in [-0.15, -0.1) is 0 Å². The minimum absolute atomic E-state index is 0.277. The van der Waals surface area contributed by atoms with E-state index >= 15 is 0 Å². The number of nitrogens with zero attached hydrogens (tertiary/aromatic N) is 2. The summed E-state index contributed by atoms with van der Waals surface area (Å²) >= 11 is 6.28. The van der Waals surface area contributed by atoms with Crippen molar-refractivity contribution in [1.82, 2.24) is 9.78 Å². The number of aromatic nitrogens is 2. The van der Waals surface area contributed by atoms with Gasteiger partial charge in [-0.1, -0.05) is 30.3 Å². The van der Waals surface area contributed by atoms with Crippen molar-refractivity contribution in [1.29, 1.82) is 0 Å². The van der Waals surface area contributed by atoms with Crippen molar-refractivity contribution < 1.29 is 14.3 Å². The van der Waals surface area contributed by atoms with E-state index in [0.29, 0.717) is 23.8 Å². The SMILES string of the molecule is C=CCOc1cccc(Cl)c1Cc1cn(C)nc1C(=O)OC. The Morgan fingerprint density at radius 3 is 2.95 bits per heavy atom. The summed E-state index contributed by atoms with van der Waals surface area (Å²) in [6.07, 6.45) is 3.85. The highest BCUT2D eigenvalue weighted by atomic mass is 35.5.